The number of amides is 1. The van der Waals surface area contributed by atoms with Gasteiger partial charge in [0.25, 0.3) is 5.91 Å². The average Bonchev–Trinajstić information content (AvgIpc) is 2.97. The van der Waals surface area contributed by atoms with E-state index >= 15 is 0 Å². The number of pyridine rings is 1. The van der Waals surface area contributed by atoms with Crippen LogP contribution >= 0.6 is 11.8 Å². The summed E-state index contributed by atoms with van der Waals surface area (Å²) in [6.07, 6.45) is 1.94. The Morgan fingerprint density at radius 2 is 2.13 bits per heavy atom. The van der Waals surface area contributed by atoms with Crippen LogP contribution in [0.4, 0.5) is 0 Å². The molecule has 1 N–H and O–H groups in total. The van der Waals surface area contributed by atoms with Gasteiger partial charge in [-0.1, -0.05) is 17.8 Å². The van der Waals surface area contributed by atoms with Crippen LogP contribution in [-0.4, -0.2) is 40.1 Å². The van der Waals surface area contributed by atoms with E-state index in [0.717, 1.165) is 4.90 Å². The van der Waals surface area contributed by atoms with Crippen LogP contribution in [0.1, 0.15) is 27.9 Å². The summed E-state index contributed by atoms with van der Waals surface area (Å²) in [5, 5.41) is 10.4. The van der Waals surface area contributed by atoms with Gasteiger partial charge in [0.05, 0.1) is 11.7 Å². The van der Waals surface area contributed by atoms with Crippen LogP contribution in [0.2, 0.25) is 0 Å². The first-order valence-corrected chi connectivity index (χ1v) is 8.53. The summed E-state index contributed by atoms with van der Waals surface area (Å²) in [6.45, 7) is 5.16. The quantitative estimate of drug-likeness (QED) is 0.941. The van der Waals surface area contributed by atoms with Crippen LogP contribution in [0, 0.1) is 13.8 Å². The van der Waals surface area contributed by atoms with Gasteiger partial charge >= 0.3 is 0 Å². The smallest absolute Gasteiger partial charge is 0.256 e. The Labute approximate surface area is 140 Å². The molecule has 1 aromatic carbocycles. The van der Waals surface area contributed by atoms with Crippen LogP contribution in [0.15, 0.2) is 46.5 Å². The second-order valence-electron chi connectivity index (χ2n) is 5.90. The molecule has 3 rings (SSSR count). The minimum atomic E-state index is -0.411. The third kappa shape index (κ3) is 3.57. The number of carbonyl (C=O) groups excluding carboxylic acids is 1. The van der Waals surface area contributed by atoms with E-state index < -0.39 is 6.10 Å². The molecule has 4 nitrogen and oxygen atoms in total. The van der Waals surface area contributed by atoms with Crippen molar-refractivity contribution in [1.82, 2.24) is 9.88 Å². The molecule has 0 bridgehead atoms. The molecular formula is C18H20N2O2S. The summed E-state index contributed by atoms with van der Waals surface area (Å²) < 4.78 is 0. The molecule has 1 saturated heterocycles. The van der Waals surface area contributed by atoms with Crippen molar-refractivity contribution in [2.75, 3.05) is 13.1 Å². The first-order valence-electron chi connectivity index (χ1n) is 7.72. The van der Waals surface area contributed by atoms with E-state index in [1.165, 1.54) is 22.9 Å². The van der Waals surface area contributed by atoms with E-state index in [0.29, 0.717) is 30.1 Å². The monoisotopic (exact) mass is 328 g/mol. The summed E-state index contributed by atoms with van der Waals surface area (Å²) in [7, 11) is 0. The number of aryl methyl sites for hydroxylation is 2. The lowest BCUT2D eigenvalue weighted by Gasteiger charge is -2.17. The Morgan fingerprint density at radius 1 is 1.30 bits per heavy atom. The number of hydrogen-bond acceptors (Lipinski definition) is 4. The van der Waals surface area contributed by atoms with Gasteiger partial charge in [-0.3, -0.25) is 4.79 Å². The van der Waals surface area contributed by atoms with Crippen molar-refractivity contribution in [3.8, 4) is 0 Å². The van der Waals surface area contributed by atoms with E-state index in [1.807, 2.05) is 6.07 Å². The van der Waals surface area contributed by atoms with E-state index in [4.69, 9.17) is 0 Å². The van der Waals surface area contributed by atoms with Crippen molar-refractivity contribution in [1.29, 1.82) is 0 Å². The van der Waals surface area contributed by atoms with E-state index in [-0.39, 0.29) is 5.91 Å². The summed E-state index contributed by atoms with van der Waals surface area (Å²) >= 11 is 1.50. The van der Waals surface area contributed by atoms with Gasteiger partial charge in [0.15, 0.2) is 0 Å². The Kier molecular flexibility index (Phi) is 4.68. The molecule has 1 aromatic heterocycles. The molecule has 1 amide bonds. The maximum Gasteiger partial charge on any atom is 0.256 e. The predicted octanol–water partition coefficient (Wildman–Crippen LogP) is 3.06. The number of hydrogen-bond donors (Lipinski definition) is 1. The second-order valence-corrected chi connectivity index (χ2v) is 6.96. The van der Waals surface area contributed by atoms with Crippen molar-refractivity contribution < 1.29 is 9.90 Å². The van der Waals surface area contributed by atoms with Crippen LogP contribution in [-0.2, 0) is 0 Å². The number of carbonyl (C=O) groups is 1. The van der Waals surface area contributed by atoms with Gasteiger partial charge in [-0.25, -0.2) is 4.98 Å². The maximum atomic E-state index is 12.7. The van der Waals surface area contributed by atoms with Gasteiger partial charge in [0.2, 0.25) is 0 Å². The number of aliphatic hydroxyl groups excluding tert-OH is 1. The first kappa shape index (κ1) is 16.0. The minimum Gasteiger partial charge on any atom is -0.391 e. The number of β-amino-alcohol motifs (C(OH)–C–C–N with tert-alkyl or cyclic N) is 1. The highest BCUT2D eigenvalue weighted by Gasteiger charge is 2.27. The summed E-state index contributed by atoms with van der Waals surface area (Å²) in [5.74, 6) is -0.0546. The fraction of sp³-hybridized carbons (Fsp3) is 0.333. The SMILES string of the molecule is Cc1ccc(Sc2ncccc2C(=O)N2CC[C@@H](O)C2)cc1C. The van der Waals surface area contributed by atoms with E-state index in [2.05, 4.69) is 37.0 Å². The van der Waals surface area contributed by atoms with Gasteiger partial charge in [0.1, 0.15) is 5.03 Å². The van der Waals surface area contributed by atoms with E-state index in [9.17, 15) is 9.90 Å². The number of rotatable bonds is 3. The van der Waals surface area contributed by atoms with Crippen LogP contribution in [0.3, 0.4) is 0 Å². The van der Waals surface area contributed by atoms with Crippen molar-refractivity contribution in [2.45, 2.75) is 36.3 Å². The number of likely N-dealkylation sites (tertiary alicyclic amines) is 1. The highest BCUT2D eigenvalue weighted by Crippen LogP contribution is 2.31. The van der Waals surface area contributed by atoms with Crippen molar-refractivity contribution in [3.05, 3.63) is 53.2 Å². The van der Waals surface area contributed by atoms with Crippen LogP contribution in [0.25, 0.3) is 0 Å². The molecule has 0 spiro atoms. The van der Waals surface area contributed by atoms with Gasteiger partial charge in [-0.2, -0.15) is 0 Å². The normalized spacial score (nSPS) is 17.5. The molecule has 23 heavy (non-hydrogen) atoms. The number of nitrogens with zero attached hydrogens (tertiary/aromatic N) is 2. The number of benzene rings is 1. The summed E-state index contributed by atoms with van der Waals surface area (Å²) in [6, 6.07) is 9.84. The van der Waals surface area contributed by atoms with E-state index in [1.54, 1.807) is 17.2 Å². The van der Waals surface area contributed by atoms with Gasteiger partial charge in [-0.05, 0) is 55.7 Å². The average molecular weight is 328 g/mol. The van der Waals surface area contributed by atoms with Crippen molar-refractivity contribution in [2.24, 2.45) is 0 Å². The lowest BCUT2D eigenvalue weighted by atomic mass is 10.1. The molecule has 0 radical (unpaired) electrons. The molecular weight excluding hydrogens is 308 g/mol. The van der Waals surface area contributed by atoms with Crippen molar-refractivity contribution in [3.63, 3.8) is 0 Å². The molecule has 1 aliphatic heterocycles. The lowest BCUT2D eigenvalue weighted by Crippen LogP contribution is -2.30. The summed E-state index contributed by atoms with van der Waals surface area (Å²) in [5.41, 5.74) is 3.07. The molecule has 1 aliphatic rings. The highest BCUT2D eigenvalue weighted by molar-refractivity contribution is 7.99. The fourth-order valence-corrected chi connectivity index (χ4v) is 3.59. The van der Waals surface area contributed by atoms with Crippen LogP contribution in [0.5, 0.6) is 0 Å². The van der Waals surface area contributed by atoms with Gasteiger partial charge in [-0.15, -0.1) is 0 Å². The minimum absolute atomic E-state index is 0.0546. The Bertz CT molecular complexity index is 733. The van der Waals surface area contributed by atoms with Crippen molar-refractivity contribution >= 4 is 17.7 Å². The molecule has 5 heteroatoms. The molecule has 1 atom stereocenters. The lowest BCUT2D eigenvalue weighted by molar-refractivity contribution is 0.0761. The number of aliphatic hydroxyl groups is 1. The topological polar surface area (TPSA) is 53.4 Å². The second kappa shape index (κ2) is 6.72. The summed E-state index contributed by atoms with van der Waals surface area (Å²) in [4.78, 5) is 19.8. The third-order valence-corrected chi connectivity index (χ3v) is 5.15. The Hall–Kier alpha value is -1.85. The van der Waals surface area contributed by atoms with Crippen LogP contribution < -0.4 is 0 Å². The molecule has 2 aromatic rings. The van der Waals surface area contributed by atoms with Gasteiger partial charge in [0, 0.05) is 24.2 Å². The third-order valence-electron chi connectivity index (χ3n) is 4.15. The predicted molar refractivity (Wildman–Crippen MR) is 90.8 cm³/mol. The zero-order valence-corrected chi connectivity index (χ0v) is 14.1. The molecule has 1 fully saturated rings. The van der Waals surface area contributed by atoms with Gasteiger partial charge < -0.3 is 10.0 Å². The maximum absolute atomic E-state index is 12.7. The Morgan fingerprint density at radius 3 is 2.83 bits per heavy atom. The fourth-order valence-electron chi connectivity index (χ4n) is 2.62. The first-order chi connectivity index (χ1) is 11.0. The molecule has 0 unspecified atom stereocenters. The Balaban J connectivity index is 1.85. The molecule has 0 aliphatic carbocycles. The number of aromatic nitrogens is 1. The highest BCUT2D eigenvalue weighted by atomic mass is 32.2. The zero-order valence-electron chi connectivity index (χ0n) is 13.3. The molecule has 0 saturated carbocycles. The zero-order chi connectivity index (χ0) is 16.4. The standard InChI is InChI=1S/C18H20N2O2S/c1-12-5-6-15(10-13(12)2)23-17-16(4-3-8-19-17)18(22)20-9-7-14(21)11-20/h3-6,8,10,14,21H,7,9,11H2,1-2H3/t14-/m1/s1. The largest absolute Gasteiger partial charge is 0.391 e. The molecule has 2 heterocycles. The molecule has 120 valence electrons.